The molecular formula is C12H17IN4O. The monoisotopic (exact) mass is 360 g/mol. The van der Waals surface area contributed by atoms with Gasteiger partial charge in [-0.2, -0.15) is 0 Å². The Morgan fingerprint density at radius 3 is 2.61 bits per heavy atom. The molecule has 6 heteroatoms. The molecule has 0 spiro atoms. The van der Waals surface area contributed by atoms with Crippen molar-refractivity contribution in [2.75, 3.05) is 11.9 Å². The van der Waals surface area contributed by atoms with Crippen LogP contribution in [-0.2, 0) is 4.79 Å². The lowest BCUT2D eigenvalue weighted by Gasteiger charge is -2.04. The van der Waals surface area contributed by atoms with Gasteiger partial charge in [0.05, 0.1) is 0 Å². The molecule has 2 rings (SSSR count). The summed E-state index contributed by atoms with van der Waals surface area (Å²) in [6.45, 7) is 0.0421. The largest absolute Gasteiger partial charge is 0.370 e. The lowest BCUT2D eigenvalue weighted by Crippen LogP contribution is -2.34. The van der Waals surface area contributed by atoms with Crippen LogP contribution in [0.25, 0.3) is 0 Å². The van der Waals surface area contributed by atoms with Crippen molar-refractivity contribution in [3.05, 3.63) is 30.3 Å². The van der Waals surface area contributed by atoms with Crippen LogP contribution in [0.4, 0.5) is 5.69 Å². The first-order valence-corrected chi connectivity index (χ1v) is 5.65. The zero-order chi connectivity index (χ0) is 12.1. The molecule has 0 unspecified atom stereocenters. The highest BCUT2D eigenvalue weighted by Gasteiger charge is 2.21. The summed E-state index contributed by atoms with van der Waals surface area (Å²) in [5, 5.41) is 5.76. The summed E-state index contributed by atoms with van der Waals surface area (Å²) in [5.41, 5.74) is 6.38. The van der Waals surface area contributed by atoms with Crippen molar-refractivity contribution < 1.29 is 4.79 Å². The summed E-state index contributed by atoms with van der Waals surface area (Å²) in [6, 6.07) is 9.73. The van der Waals surface area contributed by atoms with Crippen molar-refractivity contribution in [1.29, 1.82) is 0 Å². The number of halogens is 1. The molecule has 0 radical (unpaired) electrons. The zero-order valence-corrected chi connectivity index (χ0v) is 12.3. The number of benzene rings is 1. The van der Waals surface area contributed by atoms with Crippen molar-refractivity contribution >= 4 is 41.5 Å². The molecule has 0 atom stereocenters. The highest BCUT2D eigenvalue weighted by Crippen LogP contribution is 2.17. The van der Waals surface area contributed by atoms with Crippen molar-refractivity contribution in [2.24, 2.45) is 10.7 Å². The van der Waals surface area contributed by atoms with E-state index in [9.17, 15) is 4.79 Å². The minimum atomic E-state index is -0.170. The molecule has 4 N–H and O–H groups in total. The van der Waals surface area contributed by atoms with E-state index in [-0.39, 0.29) is 36.4 Å². The molecule has 1 fully saturated rings. The van der Waals surface area contributed by atoms with Crippen molar-refractivity contribution in [2.45, 2.75) is 18.9 Å². The van der Waals surface area contributed by atoms with Crippen molar-refractivity contribution in [1.82, 2.24) is 5.32 Å². The fourth-order valence-corrected chi connectivity index (χ4v) is 1.36. The van der Waals surface area contributed by atoms with Gasteiger partial charge in [0.1, 0.15) is 6.54 Å². The van der Waals surface area contributed by atoms with Gasteiger partial charge in [0, 0.05) is 11.7 Å². The normalized spacial score (nSPS) is 14.6. The van der Waals surface area contributed by atoms with Gasteiger partial charge in [-0.25, -0.2) is 4.99 Å². The fraction of sp³-hybridized carbons (Fsp3) is 0.333. The first kappa shape index (κ1) is 14.7. The predicted octanol–water partition coefficient (Wildman–Crippen LogP) is 1.31. The first-order chi connectivity index (χ1) is 8.24. The Bertz CT molecular complexity index is 417. The number of carbonyl (C=O) groups excluding carboxylic acids is 1. The third kappa shape index (κ3) is 5.35. The average molecular weight is 360 g/mol. The Balaban J connectivity index is 0.00000162. The standard InChI is InChI=1S/C12H16N4O.HI/c13-12(16-10-6-7-10)14-8-11(17)15-9-4-2-1-3-5-9;/h1-5,10H,6-8H2,(H,15,17)(H3,13,14,16);1H. The van der Waals surface area contributed by atoms with E-state index in [1.807, 2.05) is 30.3 Å². The molecule has 5 nitrogen and oxygen atoms in total. The van der Waals surface area contributed by atoms with Crippen LogP contribution in [0.3, 0.4) is 0 Å². The van der Waals surface area contributed by atoms with E-state index in [2.05, 4.69) is 15.6 Å². The molecule has 1 aliphatic carbocycles. The van der Waals surface area contributed by atoms with Gasteiger partial charge in [-0.1, -0.05) is 18.2 Å². The lowest BCUT2D eigenvalue weighted by atomic mass is 10.3. The minimum Gasteiger partial charge on any atom is -0.370 e. The molecule has 1 aliphatic rings. The molecule has 18 heavy (non-hydrogen) atoms. The minimum absolute atomic E-state index is 0. The Labute approximate surface area is 123 Å². The van der Waals surface area contributed by atoms with Crippen molar-refractivity contribution in [3.63, 3.8) is 0 Å². The molecular weight excluding hydrogens is 343 g/mol. The maximum atomic E-state index is 11.5. The van der Waals surface area contributed by atoms with Crippen LogP contribution in [0.1, 0.15) is 12.8 Å². The van der Waals surface area contributed by atoms with E-state index in [1.54, 1.807) is 0 Å². The summed E-state index contributed by atoms with van der Waals surface area (Å²) in [7, 11) is 0. The summed E-state index contributed by atoms with van der Waals surface area (Å²) < 4.78 is 0. The number of carbonyl (C=O) groups is 1. The van der Waals surface area contributed by atoms with Crippen LogP contribution in [0, 0.1) is 0 Å². The summed E-state index contributed by atoms with van der Waals surface area (Å²) >= 11 is 0. The van der Waals surface area contributed by atoms with Crippen LogP contribution in [0.2, 0.25) is 0 Å². The molecule has 1 amide bonds. The van der Waals surface area contributed by atoms with Crippen LogP contribution in [0.15, 0.2) is 35.3 Å². The second kappa shape index (κ2) is 7.20. The molecule has 1 saturated carbocycles. The third-order valence-electron chi connectivity index (χ3n) is 2.38. The van der Waals surface area contributed by atoms with E-state index in [4.69, 9.17) is 5.73 Å². The van der Waals surface area contributed by atoms with Crippen LogP contribution < -0.4 is 16.4 Å². The van der Waals surface area contributed by atoms with E-state index < -0.39 is 0 Å². The Morgan fingerprint density at radius 1 is 1.33 bits per heavy atom. The number of aliphatic imine (C=N–C) groups is 1. The average Bonchev–Trinajstić information content (AvgIpc) is 3.12. The van der Waals surface area contributed by atoms with E-state index in [0.717, 1.165) is 18.5 Å². The number of anilines is 1. The number of para-hydroxylation sites is 1. The molecule has 0 aromatic heterocycles. The quantitative estimate of drug-likeness (QED) is 0.430. The highest BCUT2D eigenvalue weighted by atomic mass is 127. The number of nitrogens with zero attached hydrogens (tertiary/aromatic N) is 1. The van der Waals surface area contributed by atoms with Gasteiger partial charge in [-0.05, 0) is 25.0 Å². The number of nitrogens with two attached hydrogens (primary N) is 1. The van der Waals surface area contributed by atoms with Crippen molar-refractivity contribution in [3.8, 4) is 0 Å². The topological polar surface area (TPSA) is 79.5 Å². The Morgan fingerprint density at radius 2 is 2.00 bits per heavy atom. The third-order valence-corrected chi connectivity index (χ3v) is 2.38. The van der Waals surface area contributed by atoms with Gasteiger partial charge in [0.2, 0.25) is 5.91 Å². The number of hydrogen-bond acceptors (Lipinski definition) is 2. The molecule has 0 bridgehead atoms. The highest BCUT2D eigenvalue weighted by molar-refractivity contribution is 14.0. The number of guanidine groups is 1. The summed E-state index contributed by atoms with van der Waals surface area (Å²) in [5.74, 6) is 0.174. The van der Waals surface area contributed by atoms with Crippen LogP contribution >= 0.6 is 24.0 Å². The van der Waals surface area contributed by atoms with E-state index >= 15 is 0 Å². The van der Waals surface area contributed by atoms with Gasteiger partial charge >= 0.3 is 0 Å². The van der Waals surface area contributed by atoms with E-state index in [1.165, 1.54) is 0 Å². The maximum Gasteiger partial charge on any atom is 0.246 e. The number of amides is 1. The SMILES string of the molecule is I.NC(=NCC(=O)Nc1ccccc1)NC1CC1. The van der Waals surface area contributed by atoms with Gasteiger partial charge in [0.15, 0.2) is 5.96 Å². The lowest BCUT2D eigenvalue weighted by molar-refractivity contribution is -0.114. The van der Waals surface area contributed by atoms with Gasteiger partial charge < -0.3 is 16.4 Å². The molecule has 0 aliphatic heterocycles. The van der Waals surface area contributed by atoms with E-state index in [0.29, 0.717) is 12.0 Å². The van der Waals surface area contributed by atoms with Gasteiger partial charge in [0.25, 0.3) is 0 Å². The van der Waals surface area contributed by atoms with Gasteiger partial charge in [-0.3, -0.25) is 4.79 Å². The number of rotatable bonds is 4. The molecule has 1 aromatic carbocycles. The second-order valence-corrected chi connectivity index (χ2v) is 4.03. The summed E-state index contributed by atoms with van der Waals surface area (Å²) in [6.07, 6.45) is 2.26. The smallest absolute Gasteiger partial charge is 0.246 e. The molecule has 98 valence electrons. The Hall–Kier alpha value is -1.31. The fourth-order valence-electron chi connectivity index (χ4n) is 1.36. The number of hydrogen-bond donors (Lipinski definition) is 3. The van der Waals surface area contributed by atoms with Crippen LogP contribution in [-0.4, -0.2) is 24.5 Å². The molecule has 1 aromatic rings. The first-order valence-electron chi connectivity index (χ1n) is 5.65. The Kier molecular flexibility index (Phi) is 5.90. The predicted molar refractivity (Wildman–Crippen MR) is 83.1 cm³/mol. The maximum absolute atomic E-state index is 11.5. The van der Waals surface area contributed by atoms with Crippen LogP contribution in [0.5, 0.6) is 0 Å². The summed E-state index contributed by atoms with van der Waals surface area (Å²) in [4.78, 5) is 15.5. The zero-order valence-electron chi connectivity index (χ0n) is 9.93. The van der Waals surface area contributed by atoms with Gasteiger partial charge in [-0.15, -0.1) is 24.0 Å². The molecule has 0 heterocycles. The number of nitrogens with one attached hydrogen (secondary N) is 2. The second-order valence-electron chi connectivity index (χ2n) is 4.03. The molecule has 0 saturated heterocycles.